The van der Waals surface area contributed by atoms with Gasteiger partial charge in [-0.2, -0.15) is 0 Å². The normalized spacial score (nSPS) is 12.9. The number of benzene rings is 9. The van der Waals surface area contributed by atoms with E-state index < -0.39 is 0 Å². The van der Waals surface area contributed by atoms with E-state index in [0.717, 1.165) is 44.9 Å². The SMILES string of the molecule is CC1(C)c2ccccc2-c2cc(-c3ccc4c(c3)c3cc(-c5ccc6c(c5)c5ccccc5n6-c5ccccc5)ccc3n4-c3cccc(-c4cccc(-c5ccccc5)n4)c3)ccc21. The molecule has 1 aliphatic carbocycles. The molecular weight excluding hydrogens is 787 g/mol. The maximum Gasteiger partial charge on any atom is 0.0710 e. The molecule has 0 bridgehead atoms. The van der Waals surface area contributed by atoms with Crippen molar-refractivity contribution in [2.75, 3.05) is 0 Å². The van der Waals surface area contributed by atoms with Crippen LogP contribution in [0.1, 0.15) is 25.0 Å². The summed E-state index contributed by atoms with van der Waals surface area (Å²) in [6.45, 7) is 4.69. The summed E-state index contributed by atoms with van der Waals surface area (Å²) in [5.74, 6) is 0. The summed E-state index contributed by atoms with van der Waals surface area (Å²) in [5.41, 5.74) is 21.3. The summed E-state index contributed by atoms with van der Waals surface area (Å²) >= 11 is 0. The minimum atomic E-state index is -0.0371. The number of pyridine rings is 1. The minimum Gasteiger partial charge on any atom is -0.309 e. The molecule has 0 N–H and O–H groups in total. The first-order valence-corrected chi connectivity index (χ1v) is 22.5. The van der Waals surface area contributed by atoms with Crippen LogP contribution in [0, 0.1) is 0 Å². The van der Waals surface area contributed by atoms with Crippen LogP contribution in [-0.4, -0.2) is 14.1 Å². The molecule has 0 aliphatic heterocycles. The molecule has 0 unspecified atom stereocenters. The fourth-order valence-electron chi connectivity index (χ4n) is 10.7. The van der Waals surface area contributed by atoms with E-state index in [1.807, 2.05) is 6.07 Å². The van der Waals surface area contributed by atoms with E-state index in [1.165, 1.54) is 77.1 Å². The Kier molecular flexibility index (Phi) is 8.25. The smallest absolute Gasteiger partial charge is 0.0710 e. The van der Waals surface area contributed by atoms with Gasteiger partial charge in [-0.25, -0.2) is 4.98 Å². The van der Waals surface area contributed by atoms with Crippen molar-refractivity contribution in [1.82, 2.24) is 14.1 Å². The van der Waals surface area contributed by atoms with Crippen molar-refractivity contribution in [3.63, 3.8) is 0 Å². The molecule has 3 heterocycles. The second kappa shape index (κ2) is 14.4. The number of rotatable bonds is 6. The third-order valence-corrected chi connectivity index (χ3v) is 13.9. The predicted octanol–water partition coefficient (Wildman–Crippen LogP) is 16.3. The zero-order chi connectivity index (χ0) is 43.2. The van der Waals surface area contributed by atoms with E-state index in [-0.39, 0.29) is 5.41 Å². The third kappa shape index (κ3) is 5.86. The summed E-state index contributed by atoms with van der Waals surface area (Å²) in [4.78, 5) is 5.15. The van der Waals surface area contributed by atoms with Crippen LogP contribution in [0.2, 0.25) is 0 Å². The summed E-state index contributed by atoms with van der Waals surface area (Å²) < 4.78 is 4.81. The van der Waals surface area contributed by atoms with Crippen molar-refractivity contribution in [1.29, 1.82) is 0 Å². The molecule has 0 fully saturated rings. The van der Waals surface area contributed by atoms with Crippen LogP contribution in [-0.2, 0) is 5.41 Å². The summed E-state index contributed by atoms with van der Waals surface area (Å²) in [6, 6.07) is 82.0. The largest absolute Gasteiger partial charge is 0.309 e. The zero-order valence-electron chi connectivity index (χ0n) is 36.2. The number of aromatic nitrogens is 3. The van der Waals surface area contributed by atoms with Crippen molar-refractivity contribution >= 4 is 43.6 Å². The first-order chi connectivity index (χ1) is 32.0. The van der Waals surface area contributed by atoms with Crippen molar-refractivity contribution < 1.29 is 0 Å². The molecule has 3 nitrogen and oxygen atoms in total. The third-order valence-electron chi connectivity index (χ3n) is 13.9. The Bertz CT molecular complexity index is 3850. The molecule has 3 aromatic heterocycles. The molecule has 306 valence electrons. The topological polar surface area (TPSA) is 22.8 Å². The maximum atomic E-state index is 5.15. The van der Waals surface area contributed by atoms with Crippen LogP contribution in [0.15, 0.2) is 224 Å². The lowest BCUT2D eigenvalue weighted by atomic mass is 9.82. The van der Waals surface area contributed by atoms with Gasteiger partial charge in [0.05, 0.1) is 33.5 Å². The van der Waals surface area contributed by atoms with Crippen LogP contribution < -0.4 is 0 Å². The van der Waals surface area contributed by atoms with Gasteiger partial charge >= 0.3 is 0 Å². The highest BCUT2D eigenvalue weighted by atomic mass is 15.0. The molecule has 0 spiro atoms. The summed E-state index contributed by atoms with van der Waals surface area (Å²) in [6.07, 6.45) is 0. The molecule has 0 amide bonds. The lowest BCUT2D eigenvalue weighted by Gasteiger charge is -2.21. The second-order valence-corrected chi connectivity index (χ2v) is 18.0. The molecule has 12 aromatic rings. The highest BCUT2D eigenvalue weighted by Gasteiger charge is 2.35. The van der Waals surface area contributed by atoms with E-state index in [9.17, 15) is 0 Å². The Morgan fingerprint density at radius 3 is 1.49 bits per heavy atom. The fourth-order valence-corrected chi connectivity index (χ4v) is 10.7. The van der Waals surface area contributed by atoms with Crippen LogP contribution in [0.25, 0.3) is 111 Å². The van der Waals surface area contributed by atoms with Gasteiger partial charge in [-0.3, -0.25) is 0 Å². The van der Waals surface area contributed by atoms with Crippen LogP contribution in [0.5, 0.6) is 0 Å². The van der Waals surface area contributed by atoms with Crippen molar-refractivity contribution in [3.8, 4) is 67.3 Å². The van der Waals surface area contributed by atoms with E-state index in [2.05, 4.69) is 241 Å². The van der Waals surface area contributed by atoms with Crippen LogP contribution in [0.4, 0.5) is 0 Å². The number of para-hydroxylation sites is 2. The van der Waals surface area contributed by atoms with Gasteiger partial charge in [-0.15, -0.1) is 0 Å². The van der Waals surface area contributed by atoms with E-state index in [0.29, 0.717) is 0 Å². The molecule has 0 atom stereocenters. The van der Waals surface area contributed by atoms with Crippen molar-refractivity contribution in [2.24, 2.45) is 0 Å². The number of hydrogen-bond acceptors (Lipinski definition) is 1. The average Bonchev–Trinajstić information content (AvgIpc) is 3.96. The minimum absolute atomic E-state index is 0.0371. The highest BCUT2D eigenvalue weighted by Crippen LogP contribution is 2.50. The first kappa shape index (κ1) is 37.3. The van der Waals surface area contributed by atoms with Gasteiger partial charge in [-0.1, -0.05) is 153 Å². The molecule has 13 rings (SSSR count). The quantitative estimate of drug-likeness (QED) is 0.164. The van der Waals surface area contributed by atoms with Gasteiger partial charge in [0.2, 0.25) is 0 Å². The Labute approximate surface area is 378 Å². The van der Waals surface area contributed by atoms with Crippen molar-refractivity contribution in [3.05, 3.63) is 236 Å². The molecule has 0 saturated carbocycles. The van der Waals surface area contributed by atoms with Crippen molar-refractivity contribution in [2.45, 2.75) is 19.3 Å². The lowest BCUT2D eigenvalue weighted by Crippen LogP contribution is -2.14. The zero-order valence-corrected chi connectivity index (χ0v) is 36.2. The number of hydrogen-bond donors (Lipinski definition) is 0. The fraction of sp³-hybridized carbons (Fsp3) is 0.0484. The average molecular weight is 830 g/mol. The number of nitrogens with zero attached hydrogens (tertiary/aromatic N) is 3. The van der Waals surface area contributed by atoms with Gasteiger partial charge in [0.1, 0.15) is 0 Å². The molecule has 0 saturated heterocycles. The van der Waals surface area contributed by atoms with Gasteiger partial charge < -0.3 is 9.13 Å². The van der Waals surface area contributed by atoms with Crippen LogP contribution >= 0.6 is 0 Å². The molecule has 9 aromatic carbocycles. The Balaban J connectivity index is 0.994. The van der Waals surface area contributed by atoms with Gasteiger partial charge in [0.15, 0.2) is 0 Å². The predicted molar refractivity (Wildman–Crippen MR) is 272 cm³/mol. The van der Waals surface area contributed by atoms with E-state index in [4.69, 9.17) is 4.98 Å². The van der Waals surface area contributed by atoms with Gasteiger partial charge in [-0.05, 0) is 129 Å². The highest BCUT2D eigenvalue weighted by molar-refractivity contribution is 6.13. The molecule has 0 radical (unpaired) electrons. The Morgan fingerprint density at radius 2 is 0.785 bits per heavy atom. The van der Waals surface area contributed by atoms with E-state index >= 15 is 0 Å². The van der Waals surface area contributed by atoms with E-state index in [1.54, 1.807) is 0 Å². The lowest BCUT2D eigenvalue weighted by molar-refractivity contribution is 0.660. The standard InChI is InChI=1S/C62H43N3/c1-62(2)54-23-11-9-21-48(54)50-36-41(27-31-55(50)62)43-29-33-60-52(38-43)53-39-44(42-28-32-59-51(37-42)49-22-10-12-26-58(49)64(59)46-18-7-4-8-19-46)30-34-61(53)65(60)47-20-13-17-45(35-47)57-25-14-24-56(63-57)40-15-5-3-6-16-40/h3-39H,1-2H3. The van der Waals surface area contributed by atoms with Gasteiger partial charge in [0, 0.05) is 49.5 Å². The molecular formula is C62H43N3. The maximum absolute atomic E-state index is 5.15. The second-order valence-electron chi connectivity index (χ2n) is 18.0. The Morgan fingerprint density at radius 1 is 0.308 bits per heavy atom. The Hall–Kier alpha value is -8.27. The molecule has 1 aliphatic rings. The summed E-state index contributed by atoms with van der Waals surface area (Å²) in [5, 5.41) is 4.93. The summed E-state index contributed by atoms with van der Waals surface area (Å²) in [7, 11) is 0. The van der Waals surface area contributed by atoms with Crippen LogP contribution in [0.3, 0.4) is 0 Å². The number of fused-ring (bicyclic) bond motifs is 9. The molecule has 65 heavy (non-hydrogen) atoms. The molecule has 3 heteroatoms. The first-order valence-electron chi connectivity index (χ1n) is 22.5. The monoisotopic (exact) mass is 829 g/mol. The van der Waals surface area contributed by atoms with Gasteiger partial charge in [0.25, 0.3) is 0 Å².